The van der Waals surface area contributed by atoms with Gasteiger partial charge in [0, 0.05) is 66.6 Å². The third-order valence-corrected chi connectivity index (χ3v) is 5.18. The van der Waals surface area contributed by atoms with Crippen LogP contribution in [0, 0.1) is 6.92 Å². The van der Waals surface area contributed by atoms with E-state index in [9.17, 15) is 4.79 Å². The minimum atomic E-state index is 0.120. The maximum Gasteiger partial charge on any atom is 0.219 e. The third kappa shape index (κ3) is 2.68. The minimum absolute atomic E-state index is 0.120. The molecule has 5 heteroatoms. The number of carbonyl (C=O) groups excluding carboxylic acids is 1. The summed E-state index contributed by atoms with van der Waals surface area (Å²) in [5.74, 6) is 0.120. The Labute approximate surface area is 153 Å². The van der Waals surface area contributed by atoms with Crippen LogP contribution in [0.4, 0.5) is 0 Å². The standard InChI is InChI=1S/C21H24N4O/c1-13(2)25-20-8-9-24(15(4)26)12-19(20)21(23-25)17-7-5-6-16-10-14(3)22-11-18(16)17/h5-7,10-11,13H,8-9,12H2,1-4H3. The highest BCUT2D eigenvalue weighted by Gasteiger charge is 2.28. The van der Waals surface area contributed by atoms with Crippen LogP contribution in [-0.2, 0) is 17.8 Å². The summed E-state index contributed by atoms with van der Waals surface area (Å²) >= 11 is 0. The first-order valence-corrected chi connectivity index (χ1v) is 9.17. The number of rotatable bonds is 2. The first-order chi connectivity index (χ1) is 12.5. The van der Waals surface area contributed by atoms with Gasteiger partial charge in [-0.25, -0.2) is 0 Å². The molecule has 0 bridgehead atoms. The lowest BCUT2D eigenvalue weighted by molar-refractivity contribution is -0.129. The lowest BCUT2D eigenvalue weighted by atomic mass is 9.97. The molecule has 0 N–H and O–H groups in total. The molecule has 1 aromatic carbocycles. The molecule has 0 aliphatic carbocycles. The summed E-state index contributed by atoms with van der Waals surface area (Å²) in [4.78, 5) is 18.3. The fraction of sp³-hybridized carbons (Fsp3) is 0.381. The molecule has 3 aromatic rings. The Kier molecular flexibility index (Phi) is 4.02. The number of amides is 1. The average molecular weight is 348 g/mol. The van der Waals surface area contributed by atoms with Crippen molar-refractivity contribution in [2.24, 2.45) is 0 Å². The number of aromatic nitrogens is 3. The number of hydrogen-bond acceptors (Lipinski definition) is 3. The molecule has 5 nitrogen and oxygen atoms in total. The van der Waals surface area contributed by atoms with Crippen molar-refractivity contribution in [3.63, 3.8) is 0 Å². The average Bonchev–Trinajstić information content (AvgIpc) is 2.99. The summed E-state index contributed by atoms with van der Waals surface area (Å²) in [6.07, 6.45) is 2.79. The van der Waals surface area contributed by atoms with Gasteiger partial charge < -0.3 is 4.90 Å². The zero-order chi connectivity index (χ0) is 18.4. The molecule has 0 atom stereocenters. The van der Waals surface area contributed by atoms with Crippen LogP contribution >= 0.6 is 0 Å². The third-order valence-electron chi connectivity index (χ3n) is 5.18. The molecule has 1 amide bonds. The van der Waals surface area contributed by atoms with Crippen LogP contribution in [0.3, 0.4) is 0 Å². The number of fused-ring (bicyclic) bond motifs is 2. The van der Waals surface area contributed by atoms with Crippen LogP contribution in [0.5, 0.6) is 0 Å². The predicted octanol–water partition coefficient (Wildman–Crippen LogP) is 3.89. The van der Waals surface area contributed by atoms with Crippen LogP contribution in [0.25, 0.3) is 22.0 Å². The molecule has 0 saturated heterocycles. The van der Waals surface area contributed by atoms with E-state index in [4.69, 9.17) is 5.10 Å². The minimum Gasteiger partial charge on any atom is -0.338 e. The second-order valence-corrected chi connectivity index (χ2v) is 7.36. The van der Waals surface area contributed by atoms with E-state index in [2.05, 4.69) is 47.8 Å². The van der Waals surface area contributed by atoms with Crippen LogP contribution in [-0.4, -0.2) is 32.1 Å². The van der Waals surface area contributed by atoms with Gasteiger partial charge in [-0.1, -0.05) is 18.2 Å². The van der Waals surface area contributed by atoms with Gasteiger partial charge in [0.25, 0.3) is 0 Å². The van der Waals surface area contributed by atoms with Gasteiger partial charge >= 0.3 is 0 Å². The van der Waals surface area contributed by atoms with Gasteiger partial charge in [0.05, 0.1) is 5.69 Å². The van der Waals surface area contributed by atoms with Crippen molar-refractivity contribution in [1.29, 1.82) is 0 Å². The molecule has 134 valence electrons. The number of nitrogens with zero attached hydrogens (tertiary/aromatic N) is 4. The maximum absolute atomic E-state index is 11.9. The zero-order valence-electron chi connectivity index (χ0n) is 15.8. The van der Waals surface area contributed by atoms with Crippen molar-refractivity contribution >= 4 is 16.7 Å². The molecular weight excluding hydrogens is 324 g/mol. The fourth-order valence-corrected chi connectivity index (χ4v) is 3.85. The van der Waals surface area contributed by atoms with Crippen molar-refractivity contribution in [2.75, 3.05) is 6.54 Å². The quantitative estimate of drug-likeness (QED) is 0.706. The van der Waals surface area contributed by atoms with E-state index >= 15 is 0 Å². The van der Waals surface area contributed by atoms with Crippen molar-refractivity contribution in [3.05, 3.63) is 47.4 Å². The number of aryl methyl sites for hydroxylation is 1. The molecule has 0 fully saturated rings. The lowest BCUT2D eigenvalue weighted by Crippen LogP contribution is -2.34. The predicted molar refractivity (Wildman–Crippen MR) is 103 cm³/mol. The number of hydrogen-bond donors (Lipinski definition) is 0. The largest absolute Gasteiger partial charge is 0.338 e. The first-order valence-electron chi connectivity index (χ1n) is 9.17. The Bertz CT molecular complexity index is 1000. The molecule has 0 spiro atoms. The van der Waals surface area contributed by atoms with Crippen LogP contribution in [0.2, 0.25) is 0 Å². The topological polar surface area (TPSA) is 51.0 Å². The highest BCUT2D eigenvalue weighted by molar-refractivity contribution is 5.96. The summed E-state index contributed by atoms with van der Waals surface area (Å²) in [6, 6.07) is 8.69. The lowest BCUT2D eigenvalue weighted by Gasteiger charge is -2.27. The van der Waals surface area contributed by atoms with Gasteiger partial charge in [-0.05, 0) is 32.2 Å². The molecule has 3 heterocycles. The monoisotopic (exact) mass is 348 g/mol. The highest BCUT2D eigenvalue weighted by atomic mass is 16.2. The van der Waals surface area contributed by atoms with Crippen LogP contribution < -0.4 is 0 Å². The fourth-order valence-electron chi connectivity index (χ4n) is 3.85. The summed E-state index contributed by atoms with van der Waals surface area (Å²) in [5.41, 5.74) is 5.51. The second-order valence-electron chi connectivity index (χ2n) is 7.36. The van der Waals surface area contributed by atoms with E-state index in [0.717, 1.165) is 35.3 Å². The Balaban J connectivity index is 1.94. The van der Waals surface area contributed by atoms with E-state index < -0.39 is 0 Å². The van der Waals surface area contributed by atoms with Gasteiger partial charge in [0.15, 0.2) is 0 Å². The smallest absolute Gasteiger partial charge is 0.219 e. The van der Waals surface area contributed by atoms with Crippen LogP contribution in [0.1, 0.15) is 43.8 Å². The Morgan fingerprint density at radius 1 is 1.27 bits per heavy atom. The zero-order valence-corrected chi connectivity index (χ0v) is 15.8. The van der Waals surface area contributed by atoms with Crippen molar-refractivity contribution in [2.45, 2.75) is 46.7 Å². The number of carbonyl (C=O) groups is 1. The van der Waals surface area contributed by atoms with Gasteiger partial charge in [-0.15, -0.1) is 0 Å². The van der Waals surface area contributed by atoms with Gasteiger partial charge in [0.2, 0.25) is 5.91 Å². The van der Waals surface area contributed by atoms with Crippen molar-refractivity contribution in [3.8, 4) is 11.3 Å². The van der Waals surface area contributed by atoms with E-state index in [1.54, 1.807) is 6.92 Å². The molecule has 4 rings (SSSR count). The SMILES string of the molecule is CC(=O)N1CCc2c(c(-c3cccc4cc(C)ncc34)nn2C(C)C)C1. The first kappa shape index (κ1) is 16.8. The Morgan fingerprint density at radius 2 is 2.08 bits per heavy atom. The molecule has 0 unspecified atom stereocenters. The number of pyridine rings is 1. The van der Waals surface area contributed by atoms with Crippen molar-refractivity contribution in [1.82, 2.24) is 19.7 Å². The van der Waals surface area contributed by atoms with E-state index in [1.165, 1.54) is 16.6 Å². The van der Waals surface area contributed by atoms with E-state index in [0.29, 0.717) is 6.54 Å². The van der Waals surface area contributed by atoms with Crippen LogP contribution in [0.15, 0.2) is 30.5 Å². The Morgan fingerprint density at radius 3 is 2.81 bits per heavy atom. The van der Waals surface area contributed by atoms with Gasteiger partial charge in [0.1, 0.15) is 0 Å². The molecule has 26 heavy (non-hydrogen) atoms. The molecule has 0 saturated carbocycles. The van der Waals surface area contributed by atoms with E-state index in [-0.39, 0.29) is 11.9 Å². The second kappa shape index (κ2) is 6.24. The summed E-state index contributed by atoms with van der Waals surface area (Å²) < 4.78 is 2.13. The number of benzene rings is 1. The summed E-state index contributed by atoms with van der Waals surface area (Å²) in [6.45, 7) is 9.35. The highest BCUT2D eigenvalue weighted by Crippen LogP contribution is 2.35. The molecule has 0 radical (unpaired) electrons. The molecular formula is C21H24N4O. The Hall–Kier alpha value is -2.69. The van der Waals surface area contributed by atoms with Gasteiger partial charge in [-0.2, -0.15) is 5.10 Å². The summed E-state index contributed by atoms with van der Waals surface area (Å²) in [7, 11) is 0. The molecule has 1 aliphatic rings. The summed E-state index contributed by atoms with van der Waals surface area (Å²) in [5, 5.41) is 7.25. The maximum atomic E-state index is 11.9. The van der Waals surface area contributed by atoms with Gasteiger partial charge in [-0.3, -0.25) is 14.5 Å². The molecule has 2 aromatic heterocycles. The molecule has 1 aliphatic heterocycles. The van der Waals surface area contributed by atoms with Crippen molar-refractivity contribution < 1.29 is 4.79 Å². The normalized spacial score (nSPS) is 14.1. The van der Waals surface area contributed by atoms with E-state index in [1.807, 2.05) is 18.0 Å².